The van der Waals surface area contributed by atoms with Gasteiger partial charge in [0, 0.05) is 20.0 Å². The molecule has 2 amide bonds. The predicted molar refractivity (Wildman–Crippen MR) is 167 cm³/mol. The number of nitrogens with one attached hydrogen (secondary N) is 1. The van der Waals surface area contributed by atoms with Gasteiger partial charge in [0.2, 0.25) is 11.8 Å². The number of hydrogen-bond acceptors (Lipinski definition) is 4. The topological polar surface area (TPSA) is 86.8 Å². The van der Waals surface area contributed by atoms with Crippen molar-refractivity contribution in [3.8, 4) is 0 Å². The Labute approximate surface area is 253 Å². The average molecular weight is 602 g/mol. The molecule has 0 unspecified atom stereocenters. The number of halogens is 1. The summed E-state index contributed by atoms with van der Waals surface area (Å²) >= 11 is 0. The second kappa shape index (κ2) is 13.6. The van der Waals surface area contributed by atoms with Crippen LogP contribution < -0.4 is 9.62 Å². The molecule has 0 radical (unpaired) electrons. The number of amides is 2. The second-order valence-corrected chi connectivity index (χ2v) is 12.4. The lowest BCUT2D eigenvalue weighted by Gasteiger charge is -2.33. The molecule has 0 heterocycles. The van der Waals surface area contributed by atoms with Crippen LogP contribution in [0.15, 0.2) is 102 Å². The van der Waals surface area contributed by atoms with Crippen molar-refractivity contribution >= 4 is 27.5 Å². The fraction of sp³-hybridized carbons (Fsp3) is 0.235. The van der Waals surface area contributed by atoms with Gasteiger partial charge in [0.05, 0.1) is 10.6 Å². The van der Waals surface area contributed by atoms with Crippen molar-refractivity contribution in [2.75, 3.05) is 17.9 Å². The van der Waals surface area contributed by atoms with E-state index < -0.39 is 40.2 Å². The Bertz CT molecular complexity index is 1680. The Balaban J connectivity index is 1.80. The molecule has 0 bridgehead atoms. The van der Waals surface area contributed by atoms with E-state index in [1.165, 1.54) is 36.2 Å². The molecule has 0 spiro atoms. The van der Waals surface area contributed by atoms with Gasteiger partial charge in [-0.25, -0.2) is 12.8 Å². The summed E-state index contributed by atoms with van der Waals surface area (Å²) in [7, 11) is -2.69. The lowest BCUT2D eigenvalue weighted by Crippen LogP contribution is -2.53. The van der Waals surface area contributed by atoms with E-state index in [1.54, 1.807) is 36.4 Å². The van der Waals surface area contributed by atoms with E-state index in [9.17, 15) is 22.4 Å². The lowest BCUT2D eigenvalue weighted by atomic mass is 10.0. The van der Waals surface area contributed by atoms with Crippen LogP contribution >= 0.6 is 0 Å². The number of sulfonamides is 1. The molecule has 9 heteroatoms. The van der Waals surface area contributed by atoms with E-state index >= 15 is 0 Å². The van der Waals surface area contributed by atoms with Crippen molar-refractivity contribution in [2.45, 2.75) is 44.7 Å². The molecule has 0 aromatic heterocycles. The molecule has 0 fully saturated rings. The first-order valence-corrected chi connectivity index (χ1v) is 15.4. The number of carbonyl (C=O) groups excluding carboxylic acids is 2. The van der Waals surface area contributed by atoms with Crippen LogP contribution in [0.5, 0.6) is 0 Å². The number of aryl methyl sites for hydroxylation is 3. The zero-order valence-corrected chi connectivity index (χ0v) is 25.6. The van der Waals surface area contributed by atoms with E-state index in [2.05, 4.69) is 5.32 Å². The first-order chi connectivity index (χ1) is 20.5. The third kappa shape index (κ3) is 7.67. The number of likely N-dealkylation sites (N-methyl/N-ethyl adjacent to an activating group) is 1. The maximum absolute atomic E-state index is 14.3. The van der Waals surface area contributed by atoms with Gasteiger partial charge in [-0.15, -0.1) is 0 Å². The van der Waals surface area contributed by atoms with Crippen molar-refractivity contribution in [2.24, 2.45) is 0 Å². The van der Waals surface area contributed by atoms with Gasteiger partial charge in [-0.1, -0.05) is 66.2 Å². The fourth-order valence-corrected chi connectivity index (χ4v) is 6.16. The van der Waals surface area contributed by atoms with E-state index in [1.807, 2.05) is 57.2 Å². The van der Waals surface area contributed by atoms with Crippen LogP contribution in [0.2, 0.25) is 0 Å². The highest BCUT2D eigenvalue weighted by Gasteiger charge is 2.34. The average Bonchev–Trinajstić information content (AvgIpc) is 3.00. The van der Waals surface area contributed by atoms with Gasteiger partial charge in [-0.2, -0.15) is 0 Å². The number of carbonyl (C=O) groups is 2. The maximum atomic E-state index is 14.3. The Morgan fingerprint density at radius 3 is 2.07 bits per heavy atom. The van der Waals surface area contributed by atoms with E-state index in [4.69, 9.17) is 0 Å². The maximum Gasteiger partial charge on any atom is 0.264 e. The second-order valence-electron chi connectivity index (χ2n) is 10.6. The third-order valence-corrected chi connectivity index (χ3v) is 9.24. The van der Waals surface area contributed by atoms with Gasteiger partial charge in [0.1, 0.15) is 18.4 Å². The predicted octanol–water partition coefficient (Wildman–Crippen LogP) is 5.33. The largest absolute Gasteiger partial charge is 0.357 e. The van der Waals surface area contributed by atoms with Crippen molar-refractivity contribution in [1.29, 1.82) is 0 Å². The minimum absolute atomic E-state index is 0.0324. The highest BCUT2D eigenvalue weighted by Crippen LogP contribution is 2.27. The van der Waals surface area contributed by atoms with Crippen LogP contribution in [0.25, 0.3) is 0 Å². The molecule has 0 aliphatic carbocycles. The van der Waals surface area contributed by atoms with Crippen molar-refractivity contribution < 1.29 is 22.4 Å². The molecule has 43 heavy (non-hydrogen) atoms. The van der Waals surface area contributed by atoms with Gasteiger partial charge in [-0.05, 0) is 79.4 Å². The molecule has 4 rings (SSSR count). The molecular weight excluding hydrogens is 565 g/mol. The summed E-state index contributed by atoms with van der Waals surface area (Å²) in [4.78, 5) is 29.0. The Morgan fingerprint density at radius 2 is 1.47 bits per heavy atom. The molecular formula is C34H36FN3O4S. The molecule has 1 N–H and O–H groups in total. The summed E-state index contributed by atoms with van der Waals surface area (Å²) in [6.07, 6.45) is 0.196. The zero-order valence-electron chi connectivity index (χ0n) is 24.7. The van der Waals surface area contributed by atoms with E-state index in [0.717, 1.165) is 26.6 Å². The first kappa shape index (κ1) is 31.4. The Hall–Kier alpha value is -4.50. The standard InChI is InChI=1S/C34H36FN3O4S/c1-24-10-18-31(19-11-24)43(41,42)38(30-17-12-25(2)26(3)20-30)23-33(39)37(22-28-13-15-29(35)16-14-28)32(34(40)36-4)21-27-8-6-5-7-9-27/h5-20,32H,21-23H2,1-4H3,(H,36,40)/t32-/m0/s1. The quantitative estimate of drug-likeness (QED) is 0.252. The van der Waals surface area contributed by atoms with Gasteiger partial charge in [0.25, 0.3) is 10.0 Å². The Kier molecular flexibility index (Phi) is 9.98. The number of rotatable bonds is 11. The number of benzene rings is 4. The molecule has 4 aromatic rings. The first-order valence-electron chi connectivity index (χ1n) is 14.0. The van der Waals surface area contributed by atoms with E-state index in [0.29, 0.717) is 11.3 Å². The monoisotopic (exact) mass is 601 g/mol. The van der Waals surface area contributed by atoms with Crippen LogP contribution in [-0.2, 0) is 32.6 Å². The van der Waals surface area contributed by atoms with Crippen molar-refractivity contribution in [3.63, 3.8) is 0 Å². The third-order valence-electron chi connectivity index (χ3n) is 7.45. The number of nitrogens with zero attached hydrogens (tertiary/aromatic N) is 2. The smallest absolute Gasteiger partial charge is 0.264 e. The van der Waals surface area contributed by atoms with Gasteiger partial charge in [-0.3, -0.25) is 13.9 Å². The van der Waals surface area contributed by atoms with Crippen molar-refractivity contribution in [3.05, 3.63) is 131 Å². The SMILES string of the molecule is CNC(=O)[C@H](Cc1ccccc1)N(Cc1ccc(F)cc1)C(=O)CN(c1ccc(C)c(C)c1)S(=O)(=O)c1ccc(C)cc1. The minimum Gasteiger partial charge on any atom is -0.357 e. The van der Waals surface area contributed by atoms with Crippen LogP contribution in [-0.4, -0.2) is 44.8 Å². The summed E-state index contributed by atoms with van der Waals surface area (Å²) in [5, 5.41) is 2.65. The molecule has 0 aliphatic rings. The normalized spacial score (nSPS) is 11.9. The number of anilines is 1. The summed E-state index contributed by atoms with van der Waals surface area (Å²) in [5.41, 5.74) is 4.49. The van der Waals surface area contributed by atoms with Crippen LogP contribution in [0.1, 0.15) is 27.8 Å². The fourth-order valence-electron chi connectivity index (χ4n) is 4.75. The van der Waals surface area contributed by atoms with Gasteiger partial charge >= 0.3 is 0 Å². The van der Waals surface area contributed by atoms with Crippen LogP contribution in [0.3, 0.4) is 0 Å². The van der Waals surface area contributed by atoms with Gasteiger partial charge < -0.3 is 10.2 Å². The van der Waals surface area contributed by atoms with Gasteiger partial charge in [0.15, 0.2) is 0 Å². The van der Waals surface area contributed by atoms with Crippen molar-refractivity contribution in [1.82, 2.24) is 10.2 Å². The summed E-state index contributed by atoms with van der Waals surface area (Å²) < 4.78 is 43.0. The van der Waals surface area contributed by atoms with E-state index in [-0.39, 0.29) is 17.9 Å². The van der Waals surface area contributed by atoms with Crippen LogP contribution in [0, 0.1) is 26.6 Å². The highest BCUT2D eigenvalue weighted by atomic mass is 32.2. The Morgan fingerprint density at radius 1 is 0.814 bits per heavy atom. The minimum atomic E-state index is -4.18. The highest BCUT2D eigenvalue weighted by molar-refractivity contribution is 7.92. The molecule has 1 atom stereocenters. The number of hydrogen-bond donors (Lipinski definition) is 1. The molecule has 0 saturated heterocycles. The molecule has 4 aromatic carbocycles. The summed E-state index contributed by atoms with van der Waals surface area (Å²) in [6, 6.07) is 25.6. The van der Waals surface area contributed by atoms with Crippen LogP contribution in [0.4, 0.5) is 10.1 Å². The summed E-state index contributed by atoms with van der Waals surface area (Å²) in [6.45, 7) is 5.07. The zero-order chi connectivity index (χ0) is 31.1. The molecule has 7 nitrogen and oxygen atoms in total. The summed E-state index contributed by atoms with van der Waals surface area (Å²) in [5.74, 6) is -1.42. The molecule has 224 valence electrons. The molecule has 0 saturated carbocycles. The lowest BCUT2D eigenvalue weighted by molar-refractivity contribution is -0.139. The molecule has 0 aliphatic heterocycles.